The second-order valence-corrected chi connectivity index (χ2v) is 5.41. The van der Waals surface area contributed by atoms with E-state index in [0.717, 1.165) is 17.8 Å². The molecule has 1 saturated carbocycles. The van der Waals surface area contributed by atoms with E-state index in [2.05, 4.69) is 12.2 Å². The van der Waals surface area contributed by atoms with E-state index in [1.54, 1.807) is 0 Å². The zero-order valence-corrected chi connectivity index (χ0v) is 11.5. The summed E-state index contributed by atoms with van der Waals surface area (Å²) in [6.07, 6.45) is 5.91. The second kappa shape index (κ2) is 5.55. The number of carbonyl (C=O) groups is 1. The number of ketones is 1. The highest BCUT2D eigenvalue weighted by molar-refractivity contribution is 5.96. The van der Waals surface area contributed by atoms with E-state index in [0.29, 0.717) is 11.8 Å². The minimum absolute atomic E-state index is 0.213. The van der Waals surface area contributed by atoms with Crippen molar-refractivity contribution in [3.8, 4) is 0 Å². The van der Waals surface area contributed by atoms with Gasteiger partial charge in [0, 0.05) is 24.2 Å². The lowest BCUT2D eigenvalue weighted by Crippen LogP contribution is -2.35. The molecule has 2 nitrogen and oxygen atoms in total. The minimum atomic E-state index is 0.213. The molecule has 18 heavy (non-hydrogen) atoms. The molecule has 0 bridgehead atoms. The van der Waals surface area contributed by atoms with Crippen molar-refractivity contribution in [3.63, 3.8) is 0 Å². The highest BCUT2D eigenvalue weighted by atomic mass is 16.1. The number of hydrogen-bond acceptors (Lipinski definition) is 2. The largest absolute Gasteiger partial charge is 0.384 e. The van der Waals surface area contributed by atoms with Gasteiger partial charge in [0.2, 0.25) is 0 Å². The average molecular weight is 245 g/mol. The Morgan fingerprint density at radius 1 is 1.22 bits per heavy atom. The third-order valence-corrected chi connectivity index (χ3v) is 4.36. The molecule has 0 saturated heterocycles. The van der Waals surface area contributed by atoms with Gasteiger partial charge in [-0.15, -0.1) is 0 Å². The zero-order valence-electron chi connectivity index (χ0n) is 11.5. The lowest BCUT2D eigenvalue weighted by Gasteiger charge is -2.41. The molecule has 0 spiro atoms. The molecule has 0 unspecified atom stereocenters. The molecule has 1 fully saturated rings. The fourth-order valence-corrected chi connectivity index (χ4v) is 2.60. The van der Waals surface area contributed by atoms with Crippen molar-refractivity contribution < 1.29 is 4.79 Å². The van der Waals surface area contributed by atoms with Crippen LogP contribution in [0.25, 0.3) is 0 Å². The van der Waals surface area contributed by atoms with E-state index in [1.165, 1.54) is 25.7 Å². The van der Waals surface area contributed by atoms with Crippen molar-refractivity contribution in [2.24, 2.45) is 5.41 Å². The molecule has 98 valence electrons. The third-order valence-electron chi connectivity index (χ3n) is 4.36. The molecule has 0 amide bonds. The van der Waals surface area contributed by atoms with Crippen LogP contribution in [0.3, 0.4) is 0 Å². The lowest BCUT2D eigenvalue weighted by molar-refractivity contribution is 0.0988. The Balaban J connectivity index is 1.92. The van der Waals surface area contributed by atoms with Gasteiger partial charge >= 0.3 is 0 Å². The Labute approximate surface area is 110 Å². The third kappa shape index (κ3) is 2.74. The fraction of sp³-hybridized carbons (Fsp3) is 0.562. The van der Waals surface area contributed by atoms with E-state index in [4.69, 9.17) is 0 Å². The maximum atomic E-state index is 11.5. The van der Waals surface area contributed by atoms with Gasteiger partial charge in [0.25, 0.3) is 0 Å². The molecule has 0 radical (unpaired) electrons. The fourth-order valence-electron chi connectivity index (χ4n) is 2.60. The first-order chi connectivity index (χ1) is 8.69. The lowest BCUT2D eigenvalue weighted by atomic mass is 9.67. The summed E-state index contributed by atoms with van der Waals surface area (Å²) in [4.78, 5) is 11.5. The number of nitrogens with one attached hydrogen (secondary N) is 1. The first-order valence-electron chi connectivity index (χ1n) is 7.06. The van der Waals surface area contributed by atoms with Crippen LogP contribution in [0.4, 0.5) is 5.69 Å². The number of Topliss-reactive ketones (excluding diaryl/α,β-unsaturated/α-hetero) is 1. The van der Waals surface area contributed by atoms with Crippen LogP contribution in [-0.2, 0) is 0 Å². The van der Waals surface area contributed by atoms with Crippen LogP contribution in [0, 0.1) is 5.41 Å². The van der Waals surface area contributed by atoms with Crippen LogP contribution in [-0.4, -0.2) is 12.3 Å². The van der Waals surface area contributed by atoms with Crippen molar-refractivity contribution in [2.75, 3.05) is 11.9 Å². The summed E-state index contributed by atoms with van der Waals surface area (Å²) in [5, 5.41) is 3.51. The molecule has 0 aromatic heterocycles. The average Bonchev–Trinajstić information content (AvgIpc) is 2.38. The monoisotopic (exact) mass is 245 g/mol. The van der Waals surface area contributed by atoms with Crippen LogP contribution in [0.15, 0.2) is 24.3 Å². The van der Waals surface area contributed by atoms with Gasteiger partial charge in [0.15, 0.2) is 5.78 Å². The second-order valence-electron chi connectivity index (χ2n) is 5.41. The normalized spacial score (nSPS) is 17.0. The zero-order chi connectivity index (χ0) is 13.0. The summed E-state index contributed by atoms with van der Waals surface area (Å²) in [6.45, 7) is 5.24. The number of carbonyl (C=O) groups excluding carboxylic acids is 1. The number of benzene rings is 1. The molecule has 0 aliphatic heterocycles. The molecular formula is C16H23NO. The van der Waals surface area contributed by atoms with Gasteiger partial charge in [-0.1, -0.05) is 20.3 Å². The van der Waals surface area contributed by atoms with Gasteiger partial charge in [-0.25, -0.2) is 0 Å². The van der Waals surface area contributed by atoms with Gasteiger partial charge in [0.05, 0.1) is 0 Å². The standard InChI is InChI=1S/C16H23NO/c1-3-15(18)13-6-8-14(9-7-13)17-12-16(4-2)10-5-11-16/h6-9,17H,3-5,10-12H2,1-2H3. The quantitative estimate of drug-likeness (QED) is 0.758. The van der Waals surface area contributed by atoms with Crippen LogP contribution in [0.1, 0.15) is 56.3 Å². The van der Waals surface area contributed by atoms with Crippen LogP contribution >= 0.6 is 0 Å². The topological polar surface area (TPSA) is 29.1 Å². The predicted octanol–water partition coefficient (Wildman–Crippen LogP) is 4.27. The van der Waals surface area contributed by atoms with E-state index in [-0.39, 0.29) is 5.78 Å². The molecule has 1 aliphatic carbocycles. The first kappa shape index (κ1) is 13.1. The summed E-state index contributed by atoms with van der Waals surface area (Å²) in [5.41, 5.74) is 2.47. The van der Waals surface area contributed by atoms with E-state index < -0.39 is 0 Å². The van der Waals surface area contributed by atoms with Gasteiger partial charge in [0.1, 0.15) is 0 Å². The van der Waals surface area contributed by atoms with Crippen LogP contribution in [0.2, 0.25) is 0 Å². The van der Waals surface area contributed by atoms with Crippen molar-refractivity contribution in [2.45, 2.75) is 46.0 Å². The summed E-state index contributed by atoms with van der Waals surface area (Å²) in [5.74, 6) is 0.213. The van der Waals surface area contributed by atoms with E-state index in [1.807, 2.05) is 31.2 Å². The Hall–Kier alpha value is -1.31. The Bertz CT molecular complexity index is 398. The number of anilines is 1. The summed E-state index contributed by atoms with van der Waals surface area (Å²) in [7, 11) is 0. The molecule has 1 N–H and O–H groups in total. The number of hydrogen-bond donors (Lipinski definition) is 1. The van der Waals surface area contributed by atoms with Gasteiger partial charge < -0.3 is 5.32 Å². The van der Waals surface area contributed by atoms with E-state index >= 15 is 0 Å². The molecule has 0 heterocycles. The van der Waals surface area contributed by atoms with Gasteiger partial charge in [-0.05, 0) is 48.9 Å². The van der Waals surface area contributed by atoms with Gasteiger partial charge in [-0.2, -0.15) is 0 Å². The molecule has 2 rings (SSSR count). The summed E-state index contributed by atoms with van der Waals surface area (Å²) >= 11 is 0. The molecule has 2 heteroatoms. The Morgan fingerprint density at radius 2 is 1.89 bits per heavy atom. The SMILES string of the molecule is CCC(=O)c1ccc(NCC2(CC)CCC2)cc1. The Morgan fingerprint density at radius 3 is 2.33 bits per heavy atom. The predicted molar refractivity (Wildman–Crippen MR) is 76.1 cm³/mol. The maximum Gasteiger partial charge on any atom is 0.162 e. The molecule has 1 aromatic rings. The minimum Gasteiger partial charge on any atom is -0.384 e. The Kier molecular flexibility index (Phi) is 4.05. The molecular weight excluding hydrogens is 222 g/mol. The van der Waals surface area contributed by atoms with Crippen molar-refractivity contribution in [3.05, 3.63) is 29.8 Å². The highest BCUT2D eigenvalue weighted by Gasteiger charge is 2.34. The van der Waals surface area contributed by atoms with Crippen LogP contribution in [0.5, 0.6) is 0 Å². The number of rotatable bonds is 6. The van der Waals surface area contributed by atoms with Crippen molar-refractivity contribution >= 4 is 11.5 Å². The van der Waals surface area contributed by atoms with Crippen molar-refractivity contribution in [1.29, 1.82) is 0 Å². The van der Waals surface area contributed by atoms with Gasteiger partial charge in [-0.3, -0.25) is 4.79 Å². The molecule has 0 atom stereocenters. The molecule has 1 aromatic carbocycles. The smallest absolute Gasteiger partial charge is 0.162 e. The maximum absolute atomic E-state index is 11.5. The summed E-state index contributed by atoms with van der Waals surface area (Å²) in [6, 6.07) is 7.89. The first-order valence-corrected chi connectivity index (χ1v) is 7.06. The van der Waals surface area contributed by atoms with E-state index in [9.17, 15) is 4.79 Å². The molecule has 1 aliphatic rings. The van der Waals surface area contributed by atoms with Crippen molar-refractivity contribution in [1.82, 2.24) is 0 Å². The highest BCUT2D eigenvalue weighted by Crippen LogP contribution is 2.43. The van der Waals surface area contributed by atoms with Crippen LogP contribution < -0.4 is 5.32 Å². The summed E-state index contributed by atoms with van der Waals surface area (Å²) < 4.78 is 0.